The molecule has 2 atom stereocenters. The van der Waals surface area contributed by atoms with Crippen LogP contribution in [0.4, 0.5) is 4.39 Å². The molecule has 2 rings (SSSR count). The summed E-state index contributed by atoms with van der Waals surface area (Å²) < 4.78 is 13.0. The molecule has 4 nitrogen and oxygen atoms in total. The van der Waals surface area contributed by atoms with Gasteiger partial charge >= 0.3 is 0 Å². The molecule has 0 aliphatic carbocycles. The highest BCUT2D eigenvalue weighted by Gasteiger charge is 2.28. The Kier molecular flexibility index (Phi) is 5.70. The van der Waals surface area contributed by atoms with Gasteiger partial charge in [0.15, 0.2) is 0 Å². The molecule has 0 bridgehead atoms. The Labute approximate surface area is 125 Å². The molecule has 0 aromatic heterocycles. The molecule has 1 heterocycles. The number of carbonyl (C=O) groups is 1. The van der Waals surface area contributed by atoms with Crippen LogP contribution in [0.3, 0.4) is 0 Å². The van der Waals surface area contributed by atoms with E-state index in [9.17, 15) is 9.18 Å². The molecule has 2 unspecified atom stereocenters. The topological polar surface area (TPSA) is 58.4 Å². The lowest BCUT2D eigenvalue weighted by molar-refractivity contribution is -0.126. The number of nitrogens with zero attached hydrogens (tertiary/aromatic N) is 1. The monoisotopic (exact) mass is 293 g/mol. The van der Waals surface area contributed by atoms with Crippen molar-refractivity contribution in [2.75, 3.05) is 26.2 Å². The maximum Gasteiger partial charge on any atom is 0.224 e. The second-order valence-electron chi connectivity index (χ2n) is 5.64. The van der Waals surface area contributed by atoms with Crippen LogP contribution in [0.15, 0.2) is 24.3 Å². The zero-order chi connectivity index (χ0) is 15.2. The summed E-state index contributed by atoms with van der Waals surface area (Å²) >= 11 is 0. The maximum atomic E-state index is 13.0. The summed E-state index contributed by atoms with van der Waals surface area (Å²) in [6.45, 7) is 4.82. The van der Waals surface area contributed by atoms with Crippen LogP contribution < -0.4 is 11.1 Å². The zero-order valence-corrected chi connectivity index (χ0v) is 12.5. The smallest absolute Gasteiger partial charge is 0.224 e. The Morgan fingerprint density at radius 2 is 2.19 bits per heavy atom. The van der Waals surface area contributed by atoms with E-state index in [1.54, 1.807) is 0 Å². The molecular formula is C16H24FN3O. The highest BCUT2D eigenvalue weighted by atomic mass is 19.1. The number of amides is 1. The number of halogens is 1. The molecule has 1 aliphatic heterocycles. The van der Waals surface area contributed by atoms with Crippen molar-refractivity contribution in [1.82, 2.24) is 10.2 Å². The third-order valence-corrected chi connectivity index (χ3v) is 4.17. The van der Waals surface area contributed by atoms with E-state index in [1.165, 1.54) is 12.1 Å². The molecule has 0 radical (unpaired) electrons. The van der Waals surface area contributed by atoms with E-state index in [-0.39, 0.29) is 23.7 Å². The number of likely N-dealkylation sites (tertiary alicyclic amines) is 1. The average Bonchev–Trinajstić information content (AvgIpc) is 2.52. The Morgan fingerprint density at radius 1 is 1.48 bits per heavy atom. The second kappa shape index (κ2) is 7.52. The first kappa shape index (κ1) is 15.9. The van der Waals surface area contributed by atoms with Crippen molar-refractivity contribution in [3.8, 4) is 0 Å². The van der Waals surface area contributed by atoms with Gasteiger partial charge in [0.1, 0.15) is 5.82 Å². The summed E-state index contributed by atoms with van der Waals surface area (Å²) in [5.41, 5.74) is 6.50. The normalized spacial score (nSPS) is 21.0. The minimum absolute atomic E-state index is 0.0215. The number of nitrogens with one attached hydrogen (secondary N) is 1. The number of hydrogen-bond acceptors (Lipinski definition) is 3. The molecule has 1 aromatic rings. The van der Waals surface area contributed by atoms with Crippen LogP contribution in [-0.4, -0.2) is 37.0 Å². The third-order valence-electron chi connectivity index (χ3n) is 4.17. The van der Waals surface area contributed by atoms with Crippen molar-refractivity contribution in [3.05, 3.63) is 35.6 Å². The molecule has 5 heteroatoms. The summed E-state index contributed by atoms with van der Waals surface area (Å²) in [5, 5.41) is 2.87. The van der Waals surface area contributed by atoms with Crippen LogP contribution in [0.2, 0.25) is 0 Å². The van der Waals surface area contributed by atoms with Gasteiger partial charge in [-0.3, -0.25) is 9.69 Å². The standard InChI is InChI=1S/C16H24FN3O/c1-12(13-4-6-15(17)7-5-13)20-10-2-3-14(11-20)16(21)19-9-8-18/h4-7,12,14H,2-3,8-11,18H2,1H3,(H,19,21). The van der Waals surface area contributed by atoms with E-state index in [0.29, 0.717) is 13.1 Å². The van der Waals surface area contributed by atoms with Crippen molar-refractivity contribution in [2.45, 2.75) is 25.8 Å². The Balaban J connectivity index is 1.96. The lowest BCUT2D eigenvalue weighted by atomic mass is 9.94. The van der Waals surface area contributed by atoms with Crippen molar-refractivity contribution in [1.29, 1.82) is 0 Å². The third kappa shape index (κ3) is 4.25. The van der Waals surface area contributed by atoms with Crippen LogP contribution in [0.5, 0.6) is 0 Å². The minimum atomic E-state index is -0.219. The van der Waals surface area contributed by atoms with Gasteiger partial charge in [0.2, 0.25) is 5.91 Å². The first-order valence-corrected chi connectivity index (χ1v) is 7.59. The number of benzene rings is 1. The summed E-state index contributed by atoms with van der Waals surface area (Å²) in [6.07, 6.45) is 1.93. The molecular weight excluding hydrogens is 269 g/mol. The molecule has 3 N–H and O–H groups in total. The van der Waals surface area contributed by atoms with Crippen LogP contribution in [0.25, 0.3) is 0 Å². The Hall–Kier alpha value is -1.46. The maximum absolute atomic E-state index is 13.0. The van der Waals surface area contributed by atoms with E-state index in [0.717, 1.165) is 31.5 Å². The highest BCUT2D eigenvalue weighted by Crippen LogP contribution is 2.26. The predicted molar refractivity (Wildman–Crippen MR) is 81.2 cm³/mol. The first-order chi connectivity index (χ1) is 10.1. The molecule has 1 aliphatic rings. The van der Waals surface area contributed by atoms with E-state index >= 15 is 0 Å². The van der Waals surface area contributed by atoms with Crippen LogP contribution in [0.1, 0.15) is 31.4 Å². The molecule has 1 fully saturated rings. The Morgan fingerprint density at radius 3 is 2.86 bits per heavy atom. The number of hydrogen-bond donors (Lipinski definition) is 2. The lowest BCUT2D eigenvalue weighted by Crippen LogP contribution is -2.44. The van der Waals surface area contributed by atoms with Gasteiger partial charge in [-0.05, 0) is 44.0 Å². The van der Waals surface area contributed by atoms with Crippen molar-refractivity contribution >= 4 is 5.91 Å². The SMILES string of the molecule is CC(c1ccc(F)cc1)N1CCCC(C(=O)NCCN)C1. The van der Waals surface area contributed by atoms with E-state index in [4.69, 9.17) is 5.73 Å². The van der Waals surface area contributed by atoms with Crippen molar-refractivity contribution < 1.29 is 9.18 Å². The fraction of sp³-hybridized carbons (Fsp3) is 0.562. The van der Waals surface area contributed by atoms with Gasteiger partial charge in [-0.15, -0.1) is 0 Å². The molecule has 1 amide bonds. The molecule has 21 heavy (non-hydrogen) atoms. The number of nitrogens with two attached hydrogens (primary N) is 1. The van der Waals surface area contributed by atoms with Crippen LogP contribution >= 0.6 is 0 Å². The second-order valence-corrected chi connectivity index (χ2v) is 5.64. The van der Waals surface area contributed by atoms with Gasteiger partial charge in [-0.2, -0.15) is 0 Å². The zero-order valence-electron chi connectivity index (χ0n) is 12.5. The van der Waals surface area contributed by atoms with Gasteiger partial charge in [-0.25, -0.2) is 4.39 Å². The number of piperidine rings is 1. The average molecular weight is 293 g/mol. The molecule has 1 aromatic carbocycles. The molecule has 116 valence electrons. The Bertz CT molecular complexity index is 463. The van der Waals surface area contributed by atoms with Crippen LogP contribution in [-0.2, 0) is 4.79 Å². The number of rotatable bonds is 5. The summed E-state index contributed by atoms with van der Waals surface area (Å²) in [5.74, 6) is -0.103. The lowest BCUT2D eigenvalue weighted by Gasteiger charge is -2.36. The quantitative estimate of drug-likeness (QED) is 0.868. The molecule has 1 saturated heterocycles. The largest absolute Gasteiger partial charge is 0.355 e. The van der Waals surface area contributed by atoms with Crippen molar-refractivity contribution in [3.63, 3.8) is 0 Å². The first-order valence-electron chi connectivity index (χ1n) is 7.59. The fourth-order valence-electron chi connectivity index (χ4n) is 2.86. The van der Waals surface area contributed by atoms with Gasteiger partial charge < -0.3 is 11.1 Å². The van der Waals surface area contributed by atoms with Gasteiger partial charge in [0.05, 0.1) is 5.92 Å². The van der Waals surface area contributed by atoms with Gasteiger partial charge in [-0.1, -0.05) is 12.1 Å². The highest BCUT2D eigenvalue weighted by molar-refractivity contribution is 5.78. The van der Waals surface area contributed by atoms with Crippen LogP contribution in [0, 0.1) is 11.7 Å². The van der Waals surface area contributed by atoms with E-state index in [1.807, 2.05) is 12.1 Å². The molecule has 0 saturated carbocycles. The summed E-state index contributed by atoms with van der Waals surface area (Å²) in [6, 6.07) is 6.80. The number of carbonyl (C=O) groups excluding carboxylic acids is 1. The van der Waals surface area contributed by atoms with E-state index in [2.05, 4.69) is 17.1 Å². The van der Waals surface area contributed by atoms with E-state index < -0.39 is 0 Å². The van der Waals surface area contributed by atoms with Gasteiger partial charge in [0, 0.05) is 25.7 Å². The molecule has 0 spiro atoms. The predicted octanol–water partition coefficient (Wildman–Crippen LogP) is 1.67. The summed E-state index contributed by atoms with van der Waals surface area (Å²) in [4.78, 5) is 14.4. The fourth-order valence-corrected chi connectivity index (χ4v) is 2.86. The van der Waals surface area contributed by atoms with Gasteiger partial charge in [0.25, 0.3) is 0 Å². The van der Waals surface area contributed by atoms with Crippen molar-refractivity contribution in [2.24, 2.45) is 11.7 Å². The summed E-state index contributed by atoms with van der Waals surface area (Å²) in [7, 11) is 0. The minimum Gasteiger partial charge on any atom is -0.355 e.